The average Bonchev–Trinajstić information content (AvgIpc) is 2.73. The Morgan fingerprint density at radius 3 is 2.75 bits per heavy atom. The SMILES string of the molecule is CCOC(=O)/C(C#N)=C/c1ccc(C=O)[nH]1. The number of carbonyl (C=O) groups excluding carboxylic acids is 2. The second-order valence-electron chi connectivity index (χ2n) is 2.88. The summed E-state index contributed by atoms with van der Waals surface area (Å²) in [5.41, 5.74) is 0.778. The van der Waals surface area contributed by atoms with Crippen LogP contribution in [-0.4, -0.2) is 23.8 Å². The van der Waals surface area contributed by atoms with E-state index in [0.717, 1.165) is 0 Å². The molecule has 1 N–H and O–H groups in total. The maximum Gasteiger partial charge on any atom is 0.348 e. The Morgan fingerprint density at radius 2 is 2.25 bits per heavy atom. The summed E-state index contributed by atoms with van der Waals surface area (Å²) in [6.45, 7) is 1.87. The minimum absolute atomic E-state index is 0.110. The first kappa shape index (κ1) is 11.7. The quantitative estimate of drug-likeness (QED) is 0.357. The minimum atomic E-state index is -0.674. The molecule has 0 bridgehead atoms. The third-order valence-electron chi connectivity index (χ3n) is 1.77. The lowest BCUT2D eigenvalue weighted by atomic mass is 10.2. The third-order valence-corrected chi connectivity index (χ3v) is 1.77. The Hall–Kier alpha value is -2.35. The standard InChI is InChI=1S/C11H10N2O3/c1-2-16-11(15)8(6-12)5-9-3-4-10(7-14)13-9/h3-5,7,13H,2H2,1H3/b8-5+. The fourth-order valence-electron chi connectivity index (χ4n) is 1.08. The molecular formula is C11H10N2O3. The molecule has 0 aromatic carbocycles. The highest BCUT2D eigenvalue weighted by molar-refractivity contribution is 5.97. The van der Waals surface area contributed by atoms with Crippen LogP contribution in [0.15, 0.2) is 17.7 Å². The Morgan fingerprint density at radius 1 is 1.56 bits per heavy atom. The van der Waals surface area contributed by atoms with Gasteiger partial charge in [0, 0.05) is 5.69 Å². The number of carbonyl (C=O) groups is 2. The van der Waals surface area contributed by atoms with E-state index in [2.05, 4.69) is 9.72 Å². The molecule has 1 heterocycles. The van der Waals surface area contributed by atoms with Crippen LogP contribution < -0.4 is 0 Å². The van der Waals surface area contributed by atoms with E-state index in [4.69, 9.17) is 5.26 Å². The highest BCUT2D eigenvalue weighted by Gasteiger charge is 2.09. The number of H-pyrrole nitrogens is 1. The lowest BCUT2D eigenvalue weighted by Crippen LogP contribution is -2.06. The van der Waals surface area contributed by atoms with Crippen LogP contribution in [0.3, 0.4) is 0 Å². The van der Waals surface area contributed by atoms with Gasteiger partial charge in [-0.05, 0) is 25.1 Å². The van der Waals surface area contributed by atoms with Crippen LogP contribution in [0.1, 0.15) is 23.1 Å². The van der Waals surface area contributed by atoms with Crippen molar-refractivity contribution in [2.24, 2.45) is 0 Å². The first-order valence-corrected chi connectivity index (χ1v) is 4.64. The summed E-state index contributed by atoms with van der Waals surface area (Å²) in [6, 6.07) is 4.89. The van der Waals surface area contributed by atoms with Crippen LogP contribution in [-0.2, 0) is 9.53 Å². The third kappa shape index (κ3) is 2.82. The zero-order chi connectivity index (χ0) is 12.0. The predicted octanol–water partition coefficient (Wildman–Crippen LogP) is 1.30. The van der Waals surface area contributed by atoms with E-state index in [-0.39, 0.29) is 12.2 Å². The predicted molar refractivity (Wildman–Crippen MR) is 56.4 cm³/mol. The molecule has 0 spiro atoms. The van der Waals surface area contributed by atoms with E-state index in [1.165, 1.54) is 6.08 Å². The van der Waals surface area contributed by atoms with E-state index < -0.39 is 5.97 Å². The second-order valence-corrected chi connectivity index (χ2v) is 2.88. The van der Waals surface area contributed by atoms with Crippen molar-refractivity contribution in [2.75, 3.05) is 6.61 Å². The summed E-state index contributed by atoms with van der Waals surface area (Å²) in [5, 5.41) is 8.75. The van der Waals surface area contributed by atoms with E-state index >= 15 is 0 Å². The van der Waals surface area contributed by atoms with Crippen molar-refractivity contribution in [3.8, 4) is 6.07 Å². The van der Waals surface area contributed by atoms with Gasteiger partial charge in [-0.25, -0.2) is 4.79 Å². The molecule has 0 aliphatic heterocycles. The summed E-state index contributed by atoms with van der Waals surface area (Å²) in [6.07, 6.45) is 1.98. The van der Waals surface area contributed by atoms with E-state index in [1.54, 1.807) is 25.1 Å². The molecule has 1 aromatic rings. The molecule has 0 atom stereocenters. The average molecular weight is 218 g/mol. The highest BCUT2D eigenvalue weighted by Crippen LogP contribution is 2.07. The topological polar surface area (TPSA) is 82.9 Å². The number of ether oxygens (including phenoxy) is 1. The number of rotatable bonds is 4. The van der Waals surface area contributed by atoms with Gasteiger partial charge in [0.05, 0.1) is 12.3 Å². The van der Waals surface area contributed by atoms with Gasteiger partial charge < -0.3 is 9.72 Å². The summed E-state index contributed by atoms with van der Waals surface area (Å²) in [4.78, 5) is 24.4. The summed E-state index contributed by atoms with van der Waals surface area (Å²) in [5.74, 6) is -0.674. The molecule has 0 saturated carbocycles. The molecule has 0 unspecified atom stereocenters. The van der Waals surface area contributed by atoms with Gasteiger partial charge in [-0.15, -0.1) is 0 Å². The maximum absolute atomic E-state index is 11.3. The van der Waals surface area contributed by atoms with Crippen LogP contribution >= 0.6 is 0 Å². The molecule has 1 rings (SSSR count). The molecule has 0 aliphatic carbocycles. The normalized spacial score (nSPS) is 10.6. The number of esters is 1. The van der Waals surface area contributed by atoms with Crippen molar-refractivity contribution in [1.82, 2.24) is 4.98 Å². The first-order chi connectivity index (χ1) is 7.71. The number of aromatic nitrogens is 1. The summed E-state index contributed by atoms with van der Waals surface area (Å²) in [7, 11) is 0. The van der Waals surface area contributed by atoms with E-state index in [0.29, 0.717) is 17.7 Å². The Kier molecular flexibility index (Phi) is 4.04. The highest BCUT2D eigenvalue weighted by atomic mass is 16.5. The van der Waals surface area contributed by atoms with Crippen LogP contribution in [0.4, 0.5) is 0 Å². The monoisotopic (exact) mass is 218 g/mol. The van der Waals surface area contributed by atoms with Gasteiger partial charge in [0.2, 0.25) is 0 Å². The van der Waals surface area contributed by atoms with Crippen LogP contribution in [0.5, 0.6) is 0 Å². The molecule has 0 saturated heterocycles. The van der Waals surface area contributed by atoms with Crippen molar-refractivity contribution in [3.63, 3.8) is 0 Å². The van der Waals surface area contributed by atoms with Gasteiger partial charge in [-0.3, -0.25) is 4.79 Å². The molecule has 0 aliphatic rings. The van der Waals surface area contributed by atoms with Gasteiger partial charge in [-0.2, -0.15) is 5.26 Å². The van der Waals surface area contributed by atoms with Gasteiger partial charge in [-0.1, -0.05) is 0 Å². The summed E-state index contributed by atoms with van der Waals surface area (Å²) < 4.78 is 4.69. The number of nitrogens with zero attached hydrogens (tertiary/aromatic N) is 1. The largest absolute Gasteiger partial charge is 0.462 e. The first-order valence-electron chi connectivity index (χ1n) is 4.64. The summed E-state index contributed by atoms with van der Waals surface area (Å²) >= 11 is 0. The lowest BCUT2D eigenvalue weighted by molar-refractivity contribution is -0.137. The number of hydrogen-bond donors (Lipinski definition) is 1. The van der Waals surface area contributed by atoms with Gasteiger partial charge in [0.15, 0.2) is 6.29 Å². The van der Waals surface area contributed by atoms with Crippen LogP contribution in [0, 0.1) is 11.3 Å². The number of aldehydes is 1. The molecule has 5 nitrogen and oxygen atoms in total. The Labute approximate surface area is 92.3 Å². The molecule has 0 amide bonds. The zero-order valence-electron chi connectivity index (χ0n) is 8.69. The van der Waals surface area contributed by atoms with Crippen LogP contribution in [0.25, 0.3) is 6.08 Å². The van der Waals surface area contributed by atoms with Gasteiger partial charge >= 0.3 is 5.97 Å². The van der Waals surface area contributed by atoms with Crippen molar-refractivity contribution >= 4 is 18.3 Å². The Balaban J connectivity index is 2.92. The molecule has 0 radical (unpaired) electrons. The van der Waals surface area contributed by atoms with Gasteiger partial charge in [0.1, 0.15) is 11.6 Å². The van der Waals surface area contributed by atoms with Crippen LogP contribution in [0.2, 0.25) is 0 Å². The molecule has 0 fully saturated rings. The molecule has 5 heteroatoms. The van der Waals surface area contributed by atoms with Crippen molar-refractivity contribution in [1.29, 1.82) is 5.26 Å². The number of aromatic amines is 1. The smallest absolute Gasteiger partial charge is 0.348 e. The van der Waals surface area contributed by atoms with Crippen molar-refractivity contribution in [2.45, 2.75) is 6.92 Å². The lowest BCUT2D eigenvalue weighted by Gasteiger charge is -1.98. The van der Waals surface area contributed by atoms with E-state index in [1.807, 2.05) is 0 Å². The zero-order valence-corrected chi connectivity index (χ0v) is 8.69. The fourth-order valence-corrected chi connectivity index (χ4v) is 1.08. The Bertz CT molecular complexity index is 466. The maximum atomic E-state index is 11.3. The van der Waals surface area contributed by atoms with E-state index in [9.17, 15) is 9.59 Å². The number of nitrogens with one attached hydrogen (secondary N) is 1. The van der Waals surface area contributed by atoms with Gasteiger partial charge in [0.25, 0.3) is 0 Å². The van der Waals surface area contributed by atoms with Crippen molar-refractivity contribution < 1.29 is 14.3 Å². The molecule has 16 heavy (non-hydrogen) atoms. The minimum Gasteiger partial charge on any atom is -0.462 e. The molecular weight excluding hydrogens is 208 g/mol. The fraction of sp³-hybridized carbons (Fsp3) is 0.182. The number of hydrogen-bond acceptors (Lipinski definition) is 4. The molecule has 82 valence electrons. The number of nitriles is 1. The second kappa shape index (κ2) is 5.51. The van der Waals surface area contributed by atoms with Crippen molar-refractivity contribution in [3.05, 3.63) is 29.1 Å². The molecule has 1 aromatic heterocycles.